The molecular weight excluding hydrogens is 426 g/mol. The Morgan fingerprint density at radius 3 is 2.61 bits per heavy atom. The highest BCUT2D eigenvalue weighted by Crippen LogP contribution is 2.30. The number of aliphatic imine (C=N–C) groups is 1. The van der Waals surface area contributed by atoms with E-state index in [1.165, 1.54) is 13.2 Å². The molecule has 0 atom stereocenters. The fraction of sp³-hybridized carbons (Fsp3) is 0.500. The standard InChI is InChI=1S/C14H18F3N3O2.HI/c1-21-12-6-9(7-19-13(18)20-10-3-4-10)2-5-11(12)22-8-14(15,16)17;/h2,5-6,10H,3-4,7-8H2,1H3,(H3,18,19,20);1H. The van der Waals surface area contributed by atoms with E-state index in [-0.39, 0.29) is 35.5 Å². The Bertz CT molecular complexity index is 549. The lowest BCUT2D eigenvalue weighted by molar-refractivity contribution is -0.153. The van der Waals surface area contributed by atoms with Gasteiger partial charge in [0, 0.05) is 6.04 Å². The van der Waals surface area contributed by atoms with Gasteiger partial charge in [-0.3, -0.25) is 0 Å². The highest BCUT2D eigenvalue weighted by Gasteiger charge is 2.29. The van der Waals surface area contributed by atoms with Crippen molar-refractivity contribution in [2.24, 2.45) is 10.7 Å². The van der Waals surface area contributed by atoms with E-state index in [4.69, 9.17) is 15.2 Å². The Morgan fingerprint density at radius 1 is 1.35 bits per heavy atom. The maximum Gasteiger partial charge on any atom is 0.422 e. The average molecular weight is 445 g/mol. The van der Waals surface area contributed by atoms with Crippen LogP contribution >= 0.6 is 24.0 Å². The lowest BCUT2D eigenvalue weighted by Gasteiger charge is -2.13. The van der Waals surface area contributed by atoms with Crippen LogP contribution in [-0.2, 0) is 6.54 Å². The molecule has 9 heteroatoms. The Hall–Kier alpha value is -1.39. The first-order chi connectivity index (χ1) is 10.4. The SMILES string of the molecule is COc1cc(CN=C(N)NC2CC2)ccc1OCC(F)(F)F.I. The minimum atomic E-state index is -4.39. The van der Waals surface area contributed by atoms with Crippen molar-refractivity contribution in [3.63, 3.8) is 0 Å². The van der Waals surface area contributed by atoms with Crippen molar-refractivity contribution in [3.8, 4) is 11.5 Å². The number of alkyl halides is 3. The van der Waals surface area contributed by atoms with Crippen molar-refractivity contribution < 1.29 is 22.6 Å². The van der Waals surface area contributed by atoms with Crippen LogP contribution in [-0.4, -0.2) is 31.9 Å². The smallest absolute Gasteiger partial charge is 0.422 e. The molecule has 1 aromatic rings. The van der Waals surface area contributed by atoms with E-state index < -0.39 is 12.8 Å². The third-order valence-corrected chi connectivity index (χ3v) is 2.98. The number of halogens is 4. The van der Waals surface area contributed by atoms with Gasteiger partial charge in [0.15, 0.2) is 24.1 Å². The summed E-state index contributed by atoms with van der Waals surface area (Å²) in [6.45, 7) is -1.05. The van der Waals surface area contributed by atoms with E-state index in [2.05, 4.69) is 10.3 Å². The molecule has 0 bridgehead atoms. The number of hydrogen-bond donors (Lipinski definition) is 2. The average Bonchev–Trinajstić information content (AvgIpc) is 3.26. The van der Waals surface area contributed by atoms with E-state index in [1.54, 1.807) is 12.1 Å². The molecule has 1 saturated carbocycles. The Kier molecular flexibility index (Phi) is 7.23. The topological polar surface area (TPSA) is 68.9 Å². The van der Waals surface area contributed by atoms with Crippen LogP contribution in [0.25, 0.3) is 0 Å². The van der Waals surface area contributed by atoms with Crippen molar-refractivity contribution >= 4 is 29.9 Å². The monoisotopic (exact) mass is 445 g/mol. The maximum absolute atomic E-state index is 12.2. The minimum Gasteiger partial charge on any atom is -0.493 e. The molecule has 0 radical (unpaired) electrons. The van der Waals surface area contributed by atoms with E-state index in [1.807, 2.05) is 0 Å². The third kappa shape index (κ3) is 7.14. The predicted octanol–water partition coefficient (Wildman–Crippen LogP) is 2.82. The molecule has 0 heterocycles. The molecule has 1 aliphatic carbocycles. The van der Waals surface area contributed by atoms with E-state index >= 15 is 0 Å². The van der Waals surface area contributed by atoms with Crippen LogP contribution in [0.2, 0.25) is 0 Å². The summed E-state index contributed by atoms with van der Waals surface area (Å²) in [5, 5.41) is 3.05. The van der Waals surface area contributed by atoms with Gasteiger partial charge in [0.2, 0.25) is 0 Å². The molecule has 1 aromatic carbocycles. The lowest BCUT2D eigenvalue weighted by Crippen LogP contribution is -2.33. The van der Waals surface area contributed by atoms with Gasteiger partial charge in [-0.1, -0.05) is 6.07 Å². The van der Waals surface area contributed by atoms with Gasteiger partial charge >= 0.3 is 6.18 Å². The van der Waals surface area contributed by atoms with E-state index in [9.17, 15) is 13.2 Å². The number of ether oxygens (including phenoxy) is 2. The molecule has 0 unspecified atom stereocenters. The number of rotatable bonds is 6. The quantitative estimate of drug-likeness (QED) is 0.402. The maximum atomic E-state index is 12.2. The summed E-state index contributed by atoms with van der Waals surface area (Å²) in [5.41, 5.74) is 6.48. The normalized spacial score (nSPS) is 14.9. The second kappa shape index (κ2) is 8.46. The summed E-state index contributed by atoms with van der Waals surface area (Å²) in [7, 11) is 1.37. The van der Waals surface area contributed by atoms with Crippen molar-refractivity contribution in [2.45, 2.75) is 31.6 Å². The van der Waals surface area contributed by atoms with E-state index in [0.717, 1.165) is 18.4 Å². The number of methoxy groups -OCH3 is 1. The highest BCUT2D eigenvalue weighted by molar-refractivity contribution is 14.0. The zero-order valence-corrected chi connectivity index (χ0v) is 14.9. The summed E-state index contributed by atoms with van der Waals surface area (Å²) in [6, 6.07) is 5.05. The van der Waals surface area contributed by atoms with Gasteiger partial charge in [0.1, 0.15) is 0 Å². The van der Waals surface area contributed by atoms with Gasteiger partial charge < -0.3 is 20.5 Å². The summed E-state index contributed by atoms with van der Waals surface area (Å²) in [4.78, 5) is 4.17. The molecule has 1 aliphatic rings. The fourth-order valence-electron chi connectivity index (χ4n) is 1.75. The van der Waals surface area contributed by atoms with Crippen molar-refractivity contribution in [1.82, 2.24) is 5.32 Å². The molecule has 0 aliphatic heterocycles. The number of nitrogens with one attached hydrogen (secondary N) is 1. The molecule has 3 N–H and O–H groups in total. The number of hydrogen-bond acceptors (Lipinski definition) is 3. The first kappa shape index (κ1) is 19.7. The van der Waals surface area contributed by atoms with Crippen molar-refractivity contribution in [1.29, 1.82) is 0 Å². The van der Waals surface area contributed by atoms with Crippen LogP contribution in [0.1, 0.15) is 18.4 Å². The van der Waals surface area contributed by atoms with Crippen LogP contribution in [0, 0.1) is 0 Å². The molecular formula is C14H19F3IN3O2. The third-order valence-electron chi connectivity index (χ3n) is 2.98. The number of nitrogens with two attached hydrogens (primary N) is 1. The van der Waals surface area contributed by atoms with Gasteiger partial charge in [-0.25, -0.2) is 4.99 Å². The zero-order valence-electron chi connectivity index (χ0n) is 12.5. The summed E-state index contributed by atoms with van der Waals surface area (Å²) < 4.78 is 46.3. The van der Waals surface area contributed by atoms with Crippen LogP contribution in [0.5, 0.6) is 11.5 Å². The molecule has 5 nitrogen and oxygen atoms in total. The molecule has 0 spiro atoms. The van der Waals surface area contributed by atoms with Crippen molar-refractivity contribution in [3.05, 3.63) is 23.8 Å². The summed E-state index contributed by atoms with van der Waals surface area (Å²) in [5.74, 6) is 0.626. The Morgan fingerprint density at radius 2 is 2.04 bits per heavy atom. The Labute approximate surface area is 149 Å². The number of benzene rings is 1. The Balaban J connectivity index is 0.00000264. The second-order valence-electron chi connectivity index (χ2n) is 5.01. The first-order valence-corrected chi connectivity index (χ1v) is 6.80. The van der Waals surface area contributed by atoms with Gasteiger partial charge in [0.05, 0.1) is 13.7 Å². The molecule has 0 amide bonds. The van der Waals surface area contributed by atoms with Crippen molar-refractivity contribution in [2.75, 3.05) is 13.7 Å². The van der Waals surface area contributed by atoms with Gasteiger partial charge in [-0.05, 0) is 30.5 Å². The van der Waals surface area contributed by atoms with Gasteiger partial charge in [-0.2, -0.15) is 13.2 Å². The highest BCUT2D eigenvalue weighted by atomic mass is 127. The lowest BCUT2D eigenvalue weighted by atomic mass is 10.2. The van der Waals surface area contributed by atoms with Crippen LogP contribution in [0.15, 0.2) is 23.2 Å². The largest absolute Gasteiger partial charge is 0.493 e. The van der Waals surface area contributed by atoms with Crippen LogP contribution in [0.4, 0.5) is 13.2 Å². The molecule has 2 rings (SSSR count). The molecule has 1 fully saturated rings. The second-order valence-corrected chi connectivity index (χ2v) is 5.01. The summed E-state index contributed by atoms with van der Waals surface area (Å²) in [6.07, 6.45) is -2.21. The zero-order chi connectivity index (χ0) is 16.2. The molecule has 130 valence electrons. The minimum absolute atomic E-state index is 0. The fourth-order valence-corrected chi connectivity index (χ4v) is 1.75. The van der Waals surface area contributed by atoms with Gasteiger partial charge in [-0.15, -0.1) is 24.0 Å². The molecule has 0 aromatic heterocycles. The molecule has 0 saturated heterocycles. The number of guanidine groups is 1. The summed E-state index contributed by atoms with van der Waals surface area (Å²) >= 11 is 0. The van der Waals surface area contributed by atoms with Crippen LogP contribution in [0.3, 0.4) is 0 Å². The number of nitrogens with zero attached hydrogens (tertiary/aromatic N) is 1. The van der Waals surface area contributed by atoms with Gasteiger partial charge in [0.25, 0.3) is 0 Å². The molecule has 23 heavy (non-hydrogen) atoms. The first-order valence-electron chi connectivity index (χ1n) is 6.80. The van der Waals surface area contributed by atoms with Crippen LogP contribution < -0.4 is 20.5 Å². The predicted molar refractivity (Wildman–Crippen MR) is 91.4 cm³/mol. The van der Waals surface area contributed by atoms with E-state index in [0.29, 0.717) is 18.5 Å².